The van der Waals surface area contributed by atoms with Crippen molar-refractivity contribution in [2.24, 2.45) is 17.0 Å². The molecule has 0 bridgehead atoms. The van der Waals surface area contributed by atoms with Gasteiger partial charge in [0.25, 0.3) is 0 Å². The number of aromatic nitrogens is 2. The number of oxime groups is 1. The molecule has 0 saturated carbocycles. The van der Waals surface area contributed by atoms with Crippen molar-refractivity contribution in [3.05, 3.63) is 147 Å². The highest BCUT2D eigenvalue weighted by Gasteiger charge is 2.42. The standard InChI is InChI=1S/C49H55N7O11S/c1-31(2)21-41(45(60)64-28-33-17-11-7-12-18-33)67-55-43(38-30-68-47(53-38)54-48(62)66-49(3,4)5)40(58)23-36-37(52-44(36)59)25-51-46(61)50-24-35-22-39(57)42(63-27-32-15-9-6-10-16-32)26-56(35)65-29-34-19-13-8-14-20-34/h6-20,22,26,30-31,36-37,41H,21,23-25,27-29H2,1-5H3,(H,52,59)(H2,50,51,61)(H,53,54,62)/b55-43-/t36-,37+,41-/m0/s1. The molecule has 0 aliphatic carbocycles. The second kappa shape index (κ2) is 23.8. The number of carbonyl (C=O) groups is 5. The molecule has 1 aliphatic rings. The molecule has 1 aliphatic heterocycles. The number of hydrogen-bond donors (Lipinski definition) is 4. The fourth-order valence-electron chi connectivity index (χ4n) is 6.61. The summed E-state index contributed by atoms with van der Waals surface area (Å²) in [5.41, 5.74) is 1.35. The molecule has 1 fully saturated rings. The average Bonchev–Trinajstić information content (AvgIpc) is 3.77. The van der Waals surface area contributed by atoms with Crippen molar-refractivity contribution in [3.8, 4) is 5.75 Å². The maximum absolute atomic E-state index is 14.1. The Morgan fingerprint density at radius 1 is 0.868 bits per heavy atom. The molecule has 4 amide bonds. The molecule has 4 N–H and O–H groups in total. The lowest BCUT2D eigenvalue weighted by atomic mass is 9.85. The molecule has 68 heavy (non-hydrogen) atoms. The molecular weight excluding hydrogens is 895 g/mol. The van der Waals surface area contributed by atoms with E-state index in [0.29, 0.717) is 5.69 Å². The highest BCUT2D eigenvalue weighted by Crippen LogP contribution is 2.24. The van der Waals surface area contributed by atoms with Crippen molar-refractivity contribution >= 4 is 52.0 Å². The lowest BCUT2D eigenvalue weighted by Gasteiger charge is -2.36. The quantitative estimate of drug-likeness (QED) is 0.0259. The molecule has 3 heterocycles. The van der Waals surface area contributed by atoms with E-state index in [4.69, 9.17) is 23.9 Å². The summed E-state index contributed by atoms with van der Waals surface area (Å²) in [5.74, 6) is -2.66. The first-order valence-electron chi connectivity index (χ1n) is 21.9. The topological polar surface area (TPSA) is 227 Å². The summed E-state index contributed by atoms with van der Waals surface area (Å²) in [5, 5.41) is 16.4. The second-order valence-corrected chi connectivity index (χ2v) is 18.0. The number of Topliss-reactive ketones (excluding diaryl/α,β-unsaturated/α-hetero) is 1. The van der Waals surface area contributed by atoms with Gasteiger partial charge in [0, 0.05) is 30.8 Å². The van der Waals surface area contributed by atoms with Gasteiger partial charge in [-0.2, -0.15) is 4.73 Å². The van der Waals surface area contributed by atoms with Crippen LogP contribution in [0.3, 0.4) is 0 Å². The minimum atomic E-state index is -1.20. The minimum absolute atomic E-state index is 0.00844. The van der Waals surface area contributed by atoms with E-state index in [-0.39, 0.29) is 74.0 Å². The summed E-state index contributed by atoms with van der Waals surface area (Å²) in [4.78, 5) is 95.3. The number of rotatable bonds is 22. The molecule has 0 spiro atoms. The van der Waals surface area contributed by atoms with Crippen LogP contribution in [0.5, 0.6) is 5.75 Å². The smallest absolute Gasteiger partial charge is 0.413 e. The number of β-lactam (4-membered cyclic amide) rings is 1. The van der Waals surface area contributed by atoms with Gasteiger partial charge in [-0.1, -0.05) is 110 Å². The number of pyridine rings is 1. The normalized spacial score (nSPS) is 15.0. The Hall–Kier alpha value is -7.54. The van der Waals surface area contributed by atoms with Crippen LogP contribution in [0.4, 0.5) is 14.7 Å². The zero-order valence-electron chi connectivity index (χ0n) is 38.4. The number of hydrogen-bond acceptors (Lipinski definition) is 14. The van der Waals surface area contributed by atoms with E-state index in [1.807, 2.05) is 105 Å². The Labute approximate surface area is 397 Å². The Bertz CT molecular complexity index is 2600. The zero-order chi connectivity index (χ0) is 48.6. The summed E-state index contributed by atoms with van der Waals surface area (Å²) in [7, 11) is 0. The SMILES string of the molecule is CC(C)C[C@H](O/N=C(\C(=O)C[C@@H]1C(=O)N[C@@H]1CNC(=O)NCc1cc(=O)c(OCc2ccccc2)cn1OCc1ccccc1)c1csc(NC(=O)OC(C)(C)C)n1)C(=O)OCc1ccccc1. The maximum atomic E-state index is 14.1. The van der Waals surface area contributed by atoms with Crippen LogP contribution >= 0.6 is 11.3 Å². The third kappa shape index (κ3) is 15.3. The second-order valence-electron chi connectivity index (χ2n) is 17.2. The molecule has 358 valence electrons. The van der Waals surface area contributed by atoms with Crippen molar-refractivity contribution in [2.75, 3.05) is 11.9 Å². The Morgan fingerprint density at radius 3 is 2.12 bits per heavy atom. The predicted octanol–water partition coefficient (Wildman–Crippen LogP) is 6.31. The van der Waals surface area contributed by atoms with Crippen LogP contribution in [-0.2, 0) is 55.1 Å². The molecule has 3 atom stereocenters. The van der Waals surface area contributed by atoms with Gasteiger partial charge in [0.05, 0.1) is 30.4 Å². The van der Waals surface area contributed by atoms with E-state index in [9.17, 15) is 28.8 Å². The monoisotopic (exact) mass is 949 g/mol. The van der Waals surface area contributed by atoms with Gasteiger partial charge in [-0.05, 0) is 43.4 Å². The number of ether oxygens (including phenoxy) is 3. The minimum Gasteiger partial charge on any atom is -0.483 e. The predicted molar refractivity (Wildman–Crippen MR) is 253 cm³/mol. The molecule has 6 rings (SSSR count). The van der Waals surface area contributed by atoms with Gasteiger partial charge in [-0.3, -0.25) is 19.7 Å². The third-order valence-corrected chi connectivity index (χ3v) is 10.8. The number of nitrogens with zero attached hydrogens (tertiary/aromatic N) is 3. The molecular formula is C49H55N7O11S. The van der Waals surface area contributed by atoms with Crippen molar-refractivity contribution in [3.63, 3.8) is 0 Å². The first-order valence-corrected chi connectivity index (χ1v) is 22.8. The molecule has 18 nitrogen and oxygen atoms in total. The summed E-state index contributed by atoms with van der Waals surface area (Å²) >= 11 is 0.996. The summed E-state index contributed by atoms with van der Waals surface area (Å²) < 4.78 is 18.1. The molecule has 1 saturated heterocycles. The largest absolute Gasteiger partial charge is 0.483 e. The van der Waals surface area contributed by atoms with E-state index < -0.39 is 58.9 Å². The highest BCUT2D eigenvalue weighted by atomic mass is 32.1. The van der Waals surface area contributed by atoms with Gasteiger partial charge in [0.15, 0.2) is 22.4 Å². The summed E-state index contributed by atoms with van der Waals surface area (Å²) in [6, 6.07) is 27.9. The van der Waals surface area contributed by atoms with Crippen molar-refractivity contribution in [1.82, 2.24) is 25.7 Å². The van der Waals surface area contributed by atoms with Crippen molar-refractivity contribution < 1.29 is 47.9 Å². The molecule has 3 aromatic carbocycles. The fraction of sp³-hybridized carbons (Fsp3) is 0.347. The molecule has 0 radical (unpaired) electrons. The van der Waals surface area contributed by atoms with Crippen LogP contribution in [0.15, 0.2) is 119 Å². The average molecular weight is 950 g/mol. The first kappa shape index (κ1) is 49.9. The number of carbonyl (C=O) groups excluding carboxylic acids is 5. The van der Waals surface area contributed by atoms with Gasteiger partial charge in [-0.15, -0.1) is 11.3 Å². The lowest BCUT2D eigenvalue weighted by Crippen LogP contribution is -2.63. The number of benzene rings is 3. The van der Waals surface area contributed by atoms with Gasteiger partial charge >= 0.3 is 18.1 Å². The van der Waals surface area contributed by atoms with Crippen LogP contribution in [0.2, 0.25) is 0 Å². The number of urea groups is 1. The lowest BCUT2D eigenvalue weighted by molar-refractivity contribution is -0.159. The molecule has 0 unspecified atom stereocenters. The maximum Gasteiger partial charge on any atom is 0.413 e. The molecule has 2 aromatic heterocycles. The van der Waals surface area contributed by atoms with Crippen LogP contribution in [0, 0.1) is 11.8 Å². The molecule has 19 heteroatoms. The van der Waals surface area contributed by atoms with Crippen LogP contribution in [0.1, 0.15) is 75.5 Å². The van der Waals surface area contributed by atoms with E-state index in [2.05, 4.69) is 31.4 Å². The van der Waals surface area contributed by atoms with E-state index >= 15 is 0 Å². The number of nitrogens with one attached hydrogen (secondary N) is 4. The van der Waals surface area contributed by atoms with Crippen molar-refractivity contribution in [1.29, 1.82) is 0 Å². The number of amides is 4. The highest BCUT2D eigenvalue weighted by molar-refractivity contribution is 7.14. The van der Waals surface area contributed by atoms with Crippen molar-refractivity contribution in [2.45, 2.75) is 91.6 Å². The van der Waals surface area contributed by atoms with Crippen LogP contribution in [0.25, 0.3) is 0 Å². The Kier molecular flexibility index (Phi) is 17.4. The van der Waals surface area contributed by atoms with E-state index in [1.165, 1.54) is 22.4 Å². The summed E-state index contributed by atoms with van der Waals surface area (Å²) in [6.07, 6.45) is -0.696. The van der Waals surface area contributed by atoms with Gasteiger partial charge < -0.3 is 39.8 Å². The van der Waals surface area contributed by atoms with E-state index in [1.54, 1.807) is 20.8 Å². The summed E-state index contributed by atoms with van der Waals surface area (Å²) in [6.45, 7) is 9.01. The van der Waals surface area contributed by atoms with Gasteiger partial charge in [0.1, 0.15) is 31.1 Å². The zero-order valence-corrected chi connectivity index (χ0v) is 39.2. The Balaban J connectivity index is 1.11. The number of thiazole rings is 1. The Morgan fingerprint density at radius 2 is 1.50 bits per heavy atom. The number of esters is 1. The van der Waals surface area contributed by atoms with Gasteiger partial charge in [0.2, 0.25) is 17.4 Å². The van der Waals surface area contributed by atoms with Crippen LogP contribution in [-0.4, -0.2) is 69.5 Å². The van der Waals surface area contributed by atoms with Gasteiger partial charge in [-0.25, -0.2) is 19.4 Å². The first-order chi connectivity index (χ1) is 32.6. The fourth-order valence-corrected chi connectivity index (χ4v) is 7.29. The van der Waals surface area contributed by atoms with E-state index in [0.717, 1.165) is 28.0 Å². The number of anilines is 1. The number of ketones is 1. The van der Waals surface area contributed by atoms with Crippen LogP contribution < -0.4 is 36.3 Å². The molecule has 5 aromatic rings. The third-order valence-electron chi connectivity index (χ3n) is 10.0.